The van der Waals surface area contributed by atoms with Gasteiger partial charge in [0.1, 0.15) is 17.1 Å². The van der Waals surface area contributed by atoms with Gasteiger partial charge in [-0.1, -0.05) is 31.2 Å². The molecule has 0 amide bonds. The number of esters is 2. The van der Waals surface area contributed by atoms with Crippen LogP contribution in [0.5, 0.6) is 11.5 Å². The quantitative estimate of drug-likeness (QED) is 0.503. The highest BCUT2D eigenvalue weighted by Gasteiger charge is 2.44. The lowest BCUT2D eigenvalue weighted by Crippen LogP contribution is -2.41. The summed E-state index contributed by atoms with van der Waals surface area (Å²) in [6.07, 6.45) is 0.834. The van der Waals surface area contributed by atoms with E-state index in [9.17, 15) is 14.7 Å². The van der Waals surface area contributed by atoms with Crippen LogP contribution >= 0.6 is 0 Å². The van der Waals surface area contributed by atoms with E-state index in [4.69, 9.17) is 9.47 Å². The molecule has 0 spiro atoms. The fraction of sp³-hybridized carbons (Fsp3) is 0.500. The molecule has 1 atom stereocenters. The summed E-state index contributed by atoms with van der Waals surface area (Å²) < 4.78 is 11.3. The maximum absolute atomic E-state index is 13.0. The highest BCUT2D eigenvalue weighted by Crippen LogP contribution is 2.40. The Balaban J connectivity index is 2.26. The monoisotopic (exact) mass is 400 g/mol. The van der Waals surface area contributed by atoms with Crippen molar-refractivity contribution in [2.45, 2.75) is 66.9 Å². The summed E-state index contributed by atoms with van der Waals surface area (Å²) in [5, 5.41) is 11.3. The predicted molar refractivity (Wildman–Crippen MR) is 114 cm³/mol. The summed E-state index contributed by atoms with van der Waals surface area (Å²) in [5.41, 5.74) is -2.32. The van der Waals surface area contributed by atoms with E-state index in [1.807, 2.05) is 34.6 Å². The number of hydrogen-bond acceptors (Lipinski definition) is 5. The molecule has 0 aromatic heterocycles. The van der Waals surface area contributed by atoms with Crippen molar-refractivity contribution in [2.75, 3.05) is 0 Å². The van der Waals surface area contributed by atoms with Crippen LogP contribution in [0.2, 0.25) is 0 Å². The molecule has 0 bridgehead atoms. The van der Waals surface area contributed by atoms with Gasteiger partial charge in [-0.2, -0.15) is 0 Å². The normalized spacial score (nSPS) is 14.3. The number of carbonyl (C=O) groups excluding carboxylic acids is 2. The van der Waals surface area contributed by atoms with Crippen molar-refractivity contribution >= 4 is 22.7 Å². The van der Waals surface area contributed by atoms with Crippen LogP contribution in [0.1, 0.15) is 61.3 Å². The first-order chi connectivity index (χ1) is 13.3. The van der Waals surface area contributed by atoms with Crippen LogP contribution in [0.25, 0.3) is 10.8 Å². The fourth-order valence-electron chi connectivity index (χ4n) is 3.38. The Bertz CT molecular complexity index is 907. The number of hydrogen-bond donors (Lipinski definition) is 1. The van der Waals surface area contributed by atoms with Gasteiger partial charge in [-0.3, -0.25) is 9.59 Å². The zero-order valence-corrected chi connectivity index (χ0v) is 18.5. The standard InChI is InChI=1S/C24H32O5/c1-8-24(7,21(27)29-22(2,3)4)15-23(5,6)20(26)28-19-14-10-11-16-17(19)12-9-13-18(16)25/h9-14,25H,8,15H2,1-7H3. The molecular weight excluding hydrogens is 368 g/mol. The molecule has 0 heterocycles. The minimum atomic E-state index is -0.916. The number of benzene rings is 2. The molecular formula is C24H32O5. The Labute approximate surface area is 173 Å². The first kappa shape index (κ1) is 22.7. The van der Waals surface area contributed by atoms with Gasteiger partial charge in [-0.25, -0.2) is 0 Å². The number of carbonyl (C=O) groups is 2. The van der Waals surface area contributed by atoms with Gasteiger partial charge in [0.05, 0.1) is 10.8 Å². The SMILES string of the molecule is CCC(C)(CC(C)(C)C(=O)Oc1cccc2c(O)cccc12)C(=O)OC(C)(C)C. The lowest BCUT2D eigenvalue weighted by atomic mass is 9.72. The molecule has 2 aromatic rings. The number of fused-ring (bicyclic) bond motifs is 1. The highest BCUT2D eigenvalue weighted by molar-refractivity contribution is 5.94. The molecule has 158 valence electrons. The summed E-state index contributed by atoms with van der Waals surface area (Å²) >= 11 is 0. The van der Waals surface area contributed by atoms with E-state index in [1.54, 1.807) is 50.2 Å². The Morgan fingerprint density at radius 1 is 0.897 bits per heavy atom. The van der Waals surface area contributed by atoms with Gasteiger partial charge in [0.2, 0.25) is 0 Å². The average molecular weight is 401 g/mol. The number of phenolic OH excluding ortho intramolecular Hbond substituents is 1. The van der Waals surface area contributed by atoms with E-state index in [2.05, 4.69) is 0 Å². The first-order valence-electron chi connectivity index (χ1n) is 9.95. The Morgan fingerprint density at radius 2 is 1.48 bits per heavy atom. The Hall–Kier alpha value is -2.56. The minimum absolute atomic E-state index is 0.128. The molecule has 0 aliphatic heterocycles. The van der Waals surface area contributed by atoms with Gasteiger partial charge in [-0.15, -0.1) is 0 Å². The van der Waals surface area contributed by atoms with E-state index in [0.29, 0.717) is 29.4 Å². The van der Waals surface area contributed by atoms with Crippen molar-refractivity contribution < 1.29 is 24.2 Å². The summed E-state index contributed by atoms with van der Waals surface area (Å²) in [5.74, 6) is -0.241. The van der Waals surface area contributed by atoms with E-state index < -0.39 is 22.4 Å². The number of rotatable bonds is 6. The van der Waals surface area contributed by atoms with Crippen LogP contribution in [-0.4, -0.2) is 22.6 Å². The summed E-state index contributed by atoms with van der Waals surface area (Å²) in [6, 6.07) is 10.3. The molecule has 5 nitrogen and oxygen atoms in total. The van der Waals surface area contributed by atoms with Crippen LogP contribution < -0.4 is 4.74 Å². The third kappa shape index (κ3) is 5.28. The molecule has 0 saturated carbocycles. The van der Waals surface area contributed by atoms with Gasteiger partial charge in [0, 0.05) is 10.8 Å². The molecule has 1 N–H and O–H groups in total. The van der Waals surface area contributed by atoms with E-state index in [0.717, 1.165) is 0 Å². The van der Waals surface area contributed by atoms with Gasteiger partial charge < -0.3 is 14.6 Å². The maximum Gasteiger partial charge on any atom is 0.316 e. The number of phenols is 1. The Kier molecular flexibility index (Phi) is 6.31. The molecule has 5 heteroatoms. The van der Waals surface area contributed by atoms with Crippen molar-refractivity contribution in [1.82, 2.24) is 0 Å². The van der Waals surface area contributed by atoms with Crippen LogP contribution in [0.4, 0.5) is 0 Å². The zero-order valence-electron chi connectivity index (χ0n) is 18.5. The second kappa shape index (κ2) is 8.05. The van der Waals surface area contributed by atoms with Crippen molar-refractivity contribution in [1.29, 1.82) is 0 Å². The fourth-order valence-corrected chi connectivity index (χ4v) is 3.38. The van der Waals surface area contributed by atoms with Gasteiger partial charge >= 0.3 is 11.9 Å². The van der Waals surface area contributed by atoms with E-state index in [-0.39, 0.29) is 11.7 Å². The summed E-state index contributed by atoms with van der Waals surface area (Å²) in [6.45, 7) is 12.8. The summed E-state index contributed by atoms with van der Waals surface area (Å²) in [7, 11) is 0. The molecule has 2 rings (SSSR count). The number of aromatic hydroxyl groups is 1. The van der Waals surface area contributed by atoms with Crippen LogP contribution in [0, 0.1) is 10.8 Å². The second-order valence-electron chi connectivity index (χ2n) is 9.49. The van der Waals surface area contributed by atoms with Crippen LogP contribution in [-0.2, 0) is 14.3 Å². The molecule has 0 aliphatic carbocycles. The van der Waals surface area contributed by atoms with Crippen LogP contribution in [0.15, 0.2) is 36.4 Å². The number of ether oxygens (including phenoxy) is 2. The summed E-state index contributed by atoms with van der Waals surface area (Å²) in [4.78, 5) is 25.8. The van der Waals surface area contributed by atoms with E-state index >= 15 is 0 Å². The van der Waals surface area contributed by atoms with Crippen molar-refractivity contribution in [3.8, 4) is 11.5 Å². The lowest BCUT2D eigenvalue weighted by molar-refractivity contribution is -0.170. The predicted octanol–water partition coefficient (Wildman–Crippen LogP) is 5.63. The smallest absolute Gasteiger partial charge is 0.316 e. The lowest BCUT2D eigenvalue weighted by Gasteiger charge is -2.35. The van der Waals surface area contributed by atoms with Crippen molar-refractivity contribution in [2.24, 2.45) is 10.8 Å². The van der Waals surface area contributed by atoms with E-state index in [1.165, 1.54) is 0 Å². The van der Waals surface area contributed by atoms with Crippen molar-refractivity contribution in [3.05, 3.63) is 36.4 Å². The highest BCUT2D eigenvalue weighted by atomic mass is 16.6. The third-order valence-corrected chi connectivity index (χ3v) is 5.12. The molecule has 0 aliphatic rings. The molecule has 2 aromatic carbocycles. The topological polar surface area (TPSA) is 72.8 Å². The molecule has 0 fully saturated rings. The largest absolute Gasteiger partial charge is 0.507 e. The third-order valence-electron chi connectivity index (χ3n) is 5.12. The molecule has 1 unspecified atom stereocenters. The Morgan fingerprint density at radius 3 is 2.07 bits per heavy atom. The second-order valence-corrected chi connectivity index (χ2v) is 9.49. The minimum Gasteiger partial charge on any atom is -0.507 e. The van der Waals surface area contributed by atoms with Gasteiger partial charge in [-0.05, 0) is 66.5 Å². The first-order valence-corrected chi connectivity index (χ1v) is 9.95. The molecule has 29 heavy (non-hydrogen) atoms. The maximum atomic E-state index is 13.0. The average Bonchev–Trinajstić information content (AvgIpc) is 2.60. The van der Waals surface area contributed by atoms with Crippen molar-refractivity contribution in [3.63, 3.8) is 0 Å². The zero-order chi connectivity index (χ0) is 22.0. The van der Waals surface area contributed by atoms with Gasteiger partial charge in [0.15, 0.2) is 0 Å². The van der Waals surface area contributed by atoms with Gasteiger partial charge in [0.25, 0.3) is 0 Å². The van der Waals surface area contributed by atoms with Crippen LogP contribution in [0.3, 0.4) is 0 Å². The molecule has 0 radical (unpaired) electrons. The molecule has 0 saturated heterocycles.